The molecule has 0 radical (unpaired) electrons. The third-order valence-corrected chi connectivity index (χ3v) is 6.88. The van der Waals surface area contributed by atoms with Crippen LogP contribution in [0.1, 0.15) is 72.0 Å². The van der Waals surface area contributed by atoms with Crippen LogP contribution >= 0.6 is 0 Å². The van der Waals surface area contributed by atoms with Gasteiger partial charge in [-0.25, -0.2) is 0 Å². The van der Waals surface area contributed by atoms with Crippen molar-refractivity contribution in [2.24, 2.45) is 10.9 Å². The molecule has 10 nitrogen and oxygen atoms in total. The fourth-order valence-corrected chi connectivity index (χ4v) is 5.67. The van der Waals surface area contributed by atoms with Crippen molar-refractivity contribution in [1.29, 1.82) is 0 Å². The van der Waals surface area contributed by atoms with Crippen LogP contribution in [0.25, 0.3) is 0 Å². The number of aromatic nitrogens is 3. The third-order valence-electron chi connectivity index (χ3n) is 6.88. The quantitative estimate of drug-likeness (QED) is 0.243. The van der Waals surface area contributed by atoms with Crippen molar-refractivity contribution in [2.45, 2.75) is 88.9 Å². The molecule has 2 aliphatic rings. The number of methoxy groups -OCH3 is 1. The summed E-state index contributed by atoms with van der Waals surface area (Å²) in [7, 11) is 1.81. The zero-order valence-corrected chi connectivity index (χ0v) is 22.5. The number of hydrogen-bond acceptors (Lipinski definition) is 10. The SMILES string of the molecule is COC(CCC1(c2nc(NCCCO)nc(NCCCO)n2)C=CC=N1)C1CC(C)(C)NC(C)(C)C1. The van der Waals surface area contributed by atoms with Crippen LogP contribution in [0.4, 0.5) is 11.9 Å². The largest absolute Gasteiger partial charge is 0.396 e. The predicted octanol–water partition coefficient (Wildman–Crippen LogP) is 2.65. The summed E-state index contributed by atoms with van der Waals surface area (Å²) < 4.78 is 6.07. The first-order valence-electron chi connectivity index (χ1n) is 13.1. The molecule has 0 aromatic carbocycles. The van der Waals surface area contributed by atoms with Gasteiger partial charge in [0.25, 0.3) is 0 Å². The molecule has 0 aliphatic carbocycles. The highest BCUT2D eigenvalue weighted by Crippen LogP contribution is 2.40. The molecule has 3 heterocycles. The van der Waals surface area contributed by atoms with Gasteiger partial charge < -0.3 is 30.9 Å². The van der Waals surface area contributed by atoms with E-state index in [1.165, 1.54) is 0 Å². The van der Waals surface area contributed by atoms with Gasteiger partial charge in [0.15, 0.2) is 5.82 Å². The van der Waals surface area contributed by atoms with Gasteiger partial charge in [0.1, 0.15) is 5.54 Å². The highest BCUT2D eigenvalue weighted by molar-refractivity contribution is 5.75. The Balaban J connectivity index is 1.82. The second-order valence-corrected chi connectivity index (χ2v) is 11.2. The van der Waals surface area contributed by atoms with E-state index in [2.05, 4.69) is 54.7 Å². The monoisotopic (exact) mass is 503 g/mol. The van der Waals surface area contributed by atoms with Crippen LogP contribution in [0, 0.1) is 5.92 Å². The van der Waals surface area contributed by atoms with Crippen molar-refractivity contribution in [2.75, 3.05) is 44.0 Å². The van der Waals surface area contributed by atoms with Crippen molar-refractivity contribution in [3.63, 3.8) is 0 Å². The minimum absolute atomic E-state index is 0.0464. The Morgan fingerprint density at radius 3 is 2.06 bits per heavy atom. The Morgan fingerprint density at radius 2 is 1.58 bits per heavy atom. The van der Waals surface area contributed by atoms with Crippen molar-refractivity contribution in [3.05, 3.63) is 18.0 Å². The smallest absolute Gasteiger partial charge is 0.227 e. The first kappa shape index (κ1) is 28.4. The molecule has 0 bridgehead atoms. The van der Waals surface area contributed by atoms with Crippen LogP contribution in [0.15, 0.2) is 17.1 Å². The molecule has 0 spiro atoms. The minimum Gasteiger partial charge on any atom is -0.396 e. The summed E-state index contributed by atoms with van der Waals surface area (Å²) in [5.41, 5.74) is -0.603. The molecule has 0 amide bonds. The standard InChI is InChI=1S/C26H45N7O3/c1-24(2)17-19(18-25(3,4)33-24)20(36-5)9-11-26(10-6-14-29-26)21-30-22(27-12-7-15-34)32-23(31-21)28-13-8-16-35/h6,10,14,19-20,33-35H,7-9,11-13,15-18H2,1-5H3,(H2,27,28,30,31,32). The summed E-state index contributed by atoms with van der Waals surface area (Å²) in [6.07, 6.45) is 10.7. The Bertz CT molecular complexity index is 847. The van der Waals surface area contributed by atoms with E-state index in [9.17, 15) is 0 Å². The number of nitrogens with one attached hydrogen (secondary N) is 3. The average molecular weight is 504 g/mol. The van der Waals surface area contributed by atoms with E-state index < -0.39 is 5.54 Å². The Morgan fingerprint density at radius 1 is 1.00 bits per heavy atom. The Labute approximate surface area is 215 Å². The van der Waals surface area contributed by atoms with E-state index in [-0.39, 0.29) is 30.4 Å². The molecular formula is C26H45N7O3. The number of nitrogens with zero attached hydrogens (tertiary/aromatic N) is 4. The number of ether oxygens (including phenoxy) is 1. The van der Waals surface area contributed by atoms with Gasteiger partial charge in [-0.1, -0.05) is 0 Å². The number of allylic oxidation sites excluding steroid dienone is 1. The zero-order valence-electron chi connectivity index (χ0n) is 22.5. The van der Waals surface area contributed by atoms with Gasteiger partial charge in [-0.05, 0) is 84.3 Å². The molecule has 3 rings (SSSR count). The highest BCUT2D eigenvalue weighted by Gasteiger charge is 2.42. The van der Waals surface area contributed by atoms with E-state index >= 15 is 0 Å². The van der Waals surface area contributed by atoms with Gasteiger partial charge in [0.2, 0.25) is 11.9 Å². The second-order valence-electron chi connectivity index (χ2n) is 11.2. The maximum atomic E-state index is 9.15. The van der Waals surface area contributed by atoms with Crippen LogP contribution < -0.4 is 16.0 Å². The lowest BCUT2D eigenvalue weighted by molar-refractivity contribution is -0.00936. The summed E-state index contributed by atoms with van der Waals surface area (Å²) >= 11 is 0. The van der Waals surface area contributed by atoms with Gasteiger partial charge in [-0.15, -0.1) is 0 Å². The van der Waals surface area contributed by atoms with E-state index in [0.717, 1.165) is 19.3 Å². The molecule has 0 saturated carbocycles. The number of aliphatic hydroxyl groups excluding tert-OH is 2. The van der Waals surface area contributed by atoms with Crippen LogP contribution in [0.5, 0.6) is 0 Å². The summed E-state index contributed by atoms with van der Waals surface area (Å²) in [6.45, 7) is 10.3. The van der Waals surface area contributed by atoms with Crippen molar-refractivity contribution >= 4 is 18.1 Å². The molecule has 1 fully saturated rings. The zero-order chi connectivity index (χ0) is 26.2. The topological polar surface area (TPSA) is 137 Å². The fourth-order valence-electron chi connectivity index (χ4n) is 5.67. The first-order chi connectivity index (χ1) is 17.1. The van der Waals surface area contributed by atoms with Crippen molar-refractivity contribution < 1.29 is 14.9 Å². The number of aliphatic hydroxyl groups is 2. The maximum absolute atomic E-state index is 9.15. The number of rotatable bonds is 14. The molecule has 2 unspecified atom stereocenters. The summed E-state index contributed by atoms with van der Waals surface area (Å²) in [5, 5.41) is 28.4. The average Bonchev–Trinajstić information content (AvgIpc) is 3.28. The van der Waals surface area contributed by atoms with Gasteiger partial charge in [0.05, 0.1) is 6.10 Å². The van der Waals surface area contributed by atoms with E-state index in [1.807, 2.05) is 13.2 Å². The van der Waals surface area contributed by atoms with Gasteiger partial charge >= 0.3 is 0 Å². The number of hydrogen-bond donors (Lipinski definition) is 5. The van der Waals surface area contributed by atoms with Crippen molar-refractivity contribution in [3.8, 4) is 0 Å². The predicted molar refractivity (Wildman–Crippen MR) is 144 cm³/mol. The van der Waals surface area contributed by atoms with Crippen LogP contribution in [0.2, 0.25) is 0 Å². The maximum Gasteiger partial charge on any atom is 0.227 e. The van der Waals surface area contributed by atoms with Gasteiger partial charge in [-0.2, -0.15) is 15.0 Å². The fraction of sp³-hybridized carbons (Fsp3) is 0.769. The lowest BCUT2D eigenvalue weighted by Gasteiger charge is -2.48. The van der Waals surface area contributed by atoms with Crippen LogP contribution in [-0.4, -0.2) is 82.0 Å². The molecule has 1 aromatic rings. The van der Waals surface area contributed by atoms with E-state index in [1.54, 1.807) is 6.21 Å². The summed E-state index contributed by atoms with van der Waals surface area (Å²) in [5.74, 6) is 1.89. The first-order valence-corrected chi connectivity index (χ1v) is 13.1. The van der Waals surface area contributed by atoms with Gasteiger partial charge in [0, 0.05) is 50.7 Å². The highest BCUT2D eigenvalue weighted by atomic mass is 16.5. The van der Waals surface area contributed by atoms with Crippen LogP contribution in [-0.2, 0) is 10.3 Å². The molecule has 5 N–H and O–H groups in total. The van der Waals surface area contributed by atoms with E-state index in [4.69, 9.17) is 29.9 Å². The molecule has 1 aromatic heterocycles. The third kappa shape index (κ3) is 7.68. The molecule has 10 heteroatoms. The molecule has 2 aliphatic heterocycles. The molecule has 202 valence electrons. The molecule has 36 heavy (non-hydrogen) atoms. The Kier molecular flexibility index (Phi) is 9.79. The number of anilines is 2. The van der Waals surface area contributed by atoms with Crippen molar-refractivity contribution in [1.82, 2.24) is 20.3 Å². The van der Waals surface area contributed by atoms with E-state index in [0.29, 0.717) is 56.0 Å². The Hall–Kier alpha value is -2.14. The summed E-state index contributed by atoms with van der Waals surface area (Å²) in [4.78, 5) is 18.8. The molecular weight excluding hydrogens is 458 g/mol. The normalized spacial score (nSPS) is 23.6. The van der Waals surface area contributed by atoms with Gasteiger partial charge in [-0.3, -0.25) is 4.99 Å². The molecule has 2 atom stereocenters. The number of aliphatic imine (C=N–C) groups is 1. The number of piperidine rings is 1. The lowest BCUT2D eigenvalue weighted by atomic mass is 9.72. The second kappa shape index (κ2) is 12.4. The minimum atomic E-state index is -0.696. The lowest BCUT2D eigenvalue weighted by Crippen LogP contribution is -2.59. The van der Waals surface area contributed by atoms with Crippen LogP contribution in [0.3, 0.4) is 0 Å². The molecule has 1 saturated heterocycles. The summed E-state index contributed by atoms with van der Waals surface area (Å²) in [6, 6.07) is 0.